The van der Waals surface area contributed by atoms with Crippen LogP contribution in [0.1, 0.15) is 17.5 Å². The minimum Gasteiger partial charge on any atom is -0.458 e. The molecule has 0 aliphatic carbocycles. The summed E-state index contributed by atoms with van der Waals surface area (Å²) in [5, 5.41) is 32.6. The summed E-state index contributed by atoms with van der Waals surface area (Å²) in [6.45, 7) is 5.31. The monoisotopic (exact) mass is 329 g/mol. The van der Waals surface area contributed by atoms with E-state index in [-0.39, 0.29) is 13.0 Å². The highest BCUT2D eigenvalue weighted by Gasteiger charge is 2.32. The molecule has 0 bridgehead atoms. The summed E-state index contributed by atoms with van der Waals surface area (Å²) in [4.78, 5) is 0. The molecule has 4 N–H and O–H groups in total. The number of rotatable bonds is 8. The minimum absolute atomic E-state index is 0.0935. The zero-order valence-electron chi connectivity index (χ0n) is 13.6. The molecule has 0 fully saturated rings. The fourth-order valence-electron chi connectivity index (χ4n) is 2.29. The first-order chi connectivity index (χ1) is 11.4. The van der Waals surface area contributed by atoms with Crippen molar-refractivity contribution in [1.29, 1.82) is 0 Å². The van der Waals surface area contributed by atoms with Crippen molar-refractivity contribution in [3.63, 3.8) is 0 Å². The van der Waals surface area contributed by atoms with E-state index < -0.39 is 11.7 Å². The van der Waals surface area contributed by atoms with E-state index in [1.165, 1.54) is 0 Å². The van der Waals surface area contributed by atoms with Crippen molar-refractivity contribution >= 4 is 0 Å². The van der Waals surface area contributed by atoms with Gasteiger partial charge in [-0.2, -0.15) is 0 Å². The standard InChI is InChI=1S/C19H23NO4/c1-3-19(22,23)20-14-13-18(21,16-10-5-4-6-11-16)24-17-12-8-7-9-15(17)2/h3-12,20-23H,1,13-14H2,2H3. The Labute approximate surface area is 141 Å². The van der Waals surface area contributed by atoms with Crippen molar-refractivity contribution in [2.24, 2.45) is 0 Å². The van der Waals surface area contributed by atoms with Gasteiger partial charge in [0.15, 0.2) is 0 Å². The Hall–Kier alpha value is -2.18. The molecule has 24 heavy (non-hydrogen) atoms. The summed E-state index contributed by atoms with van der Waals surface area (Å²) < 4.78 is 5.89. The van der Waals surface area contributed by atoms with Crippen molar-refractivity contribution in [1.82, 2.24) is 5.32 Å². The summed E-state index contributed by atoms with van der Waals surface area (Å²) in [7, 11) is 0. The molecule has 2 aromatic carbocycles. The number of benzene rings is 2. The minimum atomic E-state index is -2.19. The van der Waals surface area contributed by atoms with Crippen LogP contribution < -0.4 is 10.1 Å². The van der Waals surface area contributed by atoms with Gasteiger partial charge in [-0.15, -0.1) is 0 Å². The van der Waals surface area contributed by atoms with Crippen molar-refractivity contribution in [2.75, 3.05) is 6.54 Å². The molecule has 128 valence electrons. The molecular formula is C19H23NO4. The van der Waals surface area contributed by atoms with Crippen LogP contribution in [0.5, 0.6) is 5.75 Å². The summed E-state index contributed by atoms with van der Waals surface area (Å²) in [6, 6.07) is 16.4. The molecule has 0 radical (unpaired) electrons. The van der Waals surface area contributed by atoms with Gasteiger partial charge in [-0.25, -0.2) is 0 Å². The second-order valence-electron chi connectivity index (χ2n) is 5.63. The van der Waals surface area contributed by atoms with E-state index in [1.807, 2.05) is 31.2 Å². The third-order valence-electron chi connectivity index (χ3n) is 3.73. The predicted octanol–water partition coefficient (Wildman–Crippen LogP) is 2.02. The van der Waals surface area contributed by atoms with E-state index in [0.29, 0.717) is 11.3 Å². The SMILES string of the molecule is C=CC(O)(O)NCCC(O)(Oc1ccccc1C)c1ccccc1. The topological polar surface area (TPSA) is 82.0 Å². The van der Waals surface area contributed by atoms with Gasteiger partial charge in [0, 0.05) is 18.5 Å². The van der Waals surface area contributed by atoms with Crippen LogP contribution in [0.4, 0.5) is 0 Å². The van der Waals surface area contributed by atoms with Gasteiger partial charge < -0.3 is 20.1 Å². The zero-order chi connectivity index (χ0) is 17.6. The summed E-state index contributed by atoms with van der Waals surface area (Å²) in [5.41, 5.74) is 1.47. The molecule has 0 aromatic heterocycles. The molecule has 0 aliphatic heterocycles. The predicted molar refractivity (Wildman–Crippen MR) is 92.1 cm³/mol. The molecule has 0 aliphatic rings. The molecule has 2 aromatic rings. The quantitative estimate of drug-likeness (QED) is 0.440. The molecular weight excluding hydrogens is 306 g/mol. The normalized spacial score (nSPS) is 14.0. The van der Waals surface area contributed by atoms with Crippen LogP contribution in [0.3, 0.4) is 0 Å². The average Bonchev–Trinajstić information content (AvgIpc) is 2.58. The maximum atomic E-state index is 11.1. The van der Waals surface area contributed by atoms with Crippen LogP contribution in [0, 0.1) is 6.92 Å². The Bertz CT molecular complexity index is 672. The van der Waals surface area contributed by atoms with E-state index in [9.17, 15) is 15.3 Å². The smallest absolute Gasteiger partial charge is 0.243 e. The number of aryl methyl sites for hydroxylation is 1. The lowest BCUT2D eigenvalue weighted by molar-refractivity contribution is -0.167. The lowest BCUT2D eigenvalue weighted by atomic mass is 10.0. The maximum absolute atomic E-state index is 11.1. The van der Waals surface area contributed by atoms with Crippen molar-refractivity contribution in [2.45, 2.75) is 25.0 Å². The van der Waals surface area contributed by atoms with Crippen molar-refractivity contribution in [3.8, 4) is 5.75 Å². The Kier molecular flexibility index (Phi) is 5.75. The van der Waals surface area contributed by atoms with E-state index >= 15 is 0 Å². The lowest BCUT2D eigenvalue weighted by Crippen LogP contribution is -2.46. The van der Waals surface area contributed by atoms with Gasteiger partial charge in [-0.05, 0) is 24.6 Å². The lowest BCUT2D eigenvalue weighted by Gasteiger charge is -2.31. The molecule has 1 atom stereocenters. The van der Waals surface area contributed by atoms with E-state index in [0.717, 1.165) is 11.6 Å². The first kappa shape index (κ1) is 18.2. The fraction of sp³-hybridized carbons (Fsp3) is 0.263. The van der Waals surface area contributed by atoms with Crippen molar-refractivity contribution < 1.29 is 20.1 Å². The molecule has 5 nitrogen and oxygen atoms in total. The first-order valence-corrected chi connectivity index (χ1v) is 7.72. The van der Waals surface area contributed by atoms with Gasteiger partial charge in [0.05, 0.1) is 0 Å². The zero-order valence-corrected chi connectivity index (χ0v) is 13.6. The molecule has 0 spiro atoms. The summed E-state index contributed by atoms with van der Waals surface area (Å²) in [6.07, 6.45) is 1.07. The molecule has 2 rings (SSSR count). The van der Waals surface area contributed by atoms with E-state index in [1.54, 1.807) is 30.3 Å². The van der Waals surface area contributed by atoms with Crippen LogP contribution >= 0.6 is 0 Å². The largest absolute Gasteiger partial charge is 0.458 e. The first-order valence-electron chi connectivity index (χ1n) is 7.72. The molecule has 0 saturated carbocycles. The van der Waals surface area contributed by atoms with Crippen molar-refractivity contribution in [3.05, 3.63) is 78.4 Å². The number of nitrogens with one attached hydrogen (secondary N) is 1. The van der Waals surface area contributed by atoms with Gasteiger partial charge in [-0.3, -0.25) is 5.32 Å². The molecule has 0 heterocycles. The van der Waals surface area contributed by atoms with E-state index in [2.05, 4.69) is 11.9 Å². The van der Waals surface area contributed by atoms with Gasteiger partial charge >= 0.3 is 0 Å². The second-order valence-corrected chi connectivity index (χ2v) is 5.63. The molecule has 0 saturated heterocycles. The number of hydrogen-bond acceptors (Lipinski definition) is 5. The third-order valence-corrected chi connectivity index (χ3v) is 3.73. The van der Waals surface area contributed by atoms with Crippen LogP contribution in [0.2, 0.25) is 0 Å². The number of para-hydroxylation sites is 1. The molecule has 5 heteroatoms. The third kappa shape index (κ3) is 4.66. The summed E-state index contributed by atoms with van der Waals surface area (Å²) in [5.74, 6) is -3.25. The van der Waals surface area contributed by atoms with Gasteiger partial charge in [0.2, 0.25) is 11.7 Å². The molecule has 1 unspecified atom stereocenters. The highest BCUT2D eigenvalue weighted by molar-refractivity contribution is 5.33. The molecule has 0 amide bonds. The van der Waals surface area contributed by atoms with Crippen LogP contribution in [-0.2, 0) is 5.79 Å². The Balaban J connectivity index is 2.22. The highest BCUT2D eigenvalue weighted by atomic mass is 16.6. The highest BCUT2D eigenvalue weighted by Crippen LogP contribution is 2.30. The van der Waals surface area contributed by atoms with Crippen LogP contribution in [0.15, 0.2) is 67.3 Å². The number of aliphatic hydroxyl groups is 3. The second kappa shape index (κ2) is 7.59. The fourth-order valence-corrected chi connectivity index (χ4v) is 2.29. The number of ether oxygens (including phenoxy) is 1. The Morgan fingerprint density at radius 1 is 1.04 bits per heavy atom. The van der Waals surface area contributed by atoms with Gasteiger partial charge in [0.25, 0.3) is 0 Å². The van der Waals surface area contributed by atoms with Gasteiger partial charge in [0.1, 0.15) is 5.75 Å². The average molecular weight is 329 g/mol. The maximum Gasteiger partial charge on any atom is 0.243 e. The van der Waals surface area contributed by atoms with E-state index in [4.69, 9.17) is 4.74 Å². The number of hydrogen-bond donors (Lipinski definition) is 4. The summed E-state index contributed by atoms with van der Waals surface area (Å²) >= 11 is 0. The Morgan fingerprint density at radius 2 is 1.67 bits per heavy atom. The van der Waals surface area contributed by atoms with Crippen LogP contribution in [-0.4, -0.2) is 27.8 Å². The Morgan fingerprint density at radius 3 is 2.29 bits per heavy atom. The van der Waals surface area contributed by atoms with Crippen LogP contribution in [0.25, 0.3) is 0 Å². The van der Waals surface area contributed by atoms with Gasteiger partial charge in [-0.1, -0.05) is 55.1 Å².